The fourth-order valence-electron chi connectivity index (χ4n) is 4.72. The lowest BCUT2D eigenvalue weighted by Gasteiger charge is -2.31. The molecule has 0 saturated carbocycles. The van der Waals surface area contributed by atoms with Gasteiger partial charge in [0.1, 0.15) is 23.4 Å². The van der Waals surface area contributed by atoms with E-state index in [1.807, 2.05) is 30.3 Å². The minimum atomic E-state index is -3.96. The van der Waals surface area contributed by atoms with E-state index in [1.165, 1.54) is 47.6 Å². The van der Waals surface area contributed by atoms with Crippen LogP contribution in [0.15, 0.2) is 131 Å². The molecule has 2 N–H and O–H groups in total. The molecule has 0 fully saturated rings. The molecule has 0 aliphatic rings. The lowest BCUT2D eigenvalue weighted by atomic mass is 10.0. The molecule has 5 aromatic rings. The van der Waals surface area contributed by atoms with E-state index in [9.17, 15) is 22.4 Å². The van der Waals surface area contributed by atoms with Gasteiger partial charge in [-0.15, -0.1) is 0 Å². The second-order valence-corrected chi connectivity index (χ2v) is 12.6. The van der Waals surface area contributed by atoms with Gasteiger partial charge >= 0.3 is 0 Å². The van der Waals surface area contributed by atoms with E-state index in [2.05, 4.69) is 10.0 Å². The Labute approximate surface area is 277 Å². The number of amides is 2. The molecule has 5 rings (SSSR count). The van der Waals surface area contributed by atoms with Gasteiger partial charge in [-0.25, -0.2) is 12.8 Å². The van der Waals surface area contributed by atoms with Gasteiger partial charge in [0.05, 0.1) is 17.7 Å². The smallest absolute Gasteiger partial charge is 0.261 e. The second kappa shape index (κ2) is 15.4. The largest absolute Gasteiger partial charge is 0.484 e. The van der Waals surface area contributed by atoms with Crippen molar-refractivity contribution in [1.82, 2.24) is 10.2 Å². The SMILES string of the molecule is O=C(NCc1ccco1)[C@H](Cc1ccccc1)N(Cc1ccc(Cl)cc1)C(=O)COc1ccc(S(=O)(=O)Nc2ccc(F)cc2)cc1. The Kier molecular flexibility index (Phi) is 10.9. The molecule has 0 aliphatic heterocycles. The van der Waals surface area contributed by atoms with E-state index in [0.29, 0.717) is 10.8 Å². The number of rotatable bonds is 14. The number of carbonyl (C=O) groups is 2. The van der Waals surface area contributed by atoms with E-state index in [0.717, 1.165) is 23.3 Å². The van der Waals surface area contributed by atoms with Crippen molar-refractivity contribution in [3.8, 4) is 5.75 Å². The maximum absolute atomic E-state index is 13.9. The first-order valence-electron chi connectivity index (χ1n) is 14.6. The second-order valence-electron chi connectivity index (χ2n) is 10.5. The Hall–Kier alpha value is -5.13. The van der Waals surface area contributed by atoms with Gasteiger partial charge in [0.15, 0.2) is 6.61 Å². The zero-order valence-electron chi connectivity index (χ0n) is 25.0. The van der Waals surface area contributed by atoms with Gasteiger partial charge < -0.3 is 19.4 Å². The average molecular weight is 676 g/mol. The number of sulfonamides is 1. The van der Waals surface area contributed by atoms with Crippen LogP contribution in [-0.4, -0.2) is 37.8 Å². The van der Waals surface area contributed by atoms with Crippen LogP contribution in [0, 0.1) is 5.82 Å². The summed E-state index contributed by atoms with van der Waals surface area (Å²) in [5.41, 5.74) is 1.81. The van der Waals surface area contributed by atoms with Gasteiger partial charge in [0.25, 0.3) is 15.9 Å². The van der Waals surface area contributed by atoms with Crippen LogP contribution in [0.3, 0.4) is 0 Å². The van der Waals surface area contributed by atoms with Crippen molar-refractivity contribution in [2.75, 3.05) is 11.3 Å². The van der Waals surface area contributed by atoms with Gasteiger partial charge in [0.2, 0.25) is 5.91 Å². The first-order valence-corrected chi connectivity index (χ1v) is 16.4. The average Bonchev–Trinajstić information content (AvgIpc) is 3.60. The monoisotopic (exact) mass is 675 g/mol. The highest BCUT2D eigenvalue weighted by molar-refractivity contribution is 7.92. The van der Waals surface area contributed by atoms with Crippen LogP contribution in [-0.2, 0) is 39.1 Å². The molecule has 0 spiro atoms. The Morgan fingerprint density at radius 2 is 1.55 bits per heavy atom. The minimum absolute atomic E-state index is 0.0546. The Morgan fingerprint density at radius 3 is 2.21 bits per heavy atom. The van der Waals surface area contributed by atoms with Crippen molar-refractivity contribution in [1.29, 1.82) is 0 Å². The normalized spacial score (nSPS) is 11.8. The third-order valence-electron chi connectivity index (χ3n) is 7.15. The van der Waals surface area contributed by atoms with Crippen LogP contribution in [0.1, 0.15) is 16.9 Å². The van der Waals surface area contributed by atoms with E-state index in [1.54, 1.807) is 36.4 Å². The molecule has 0 unspecified atom stereocenters. The number of ether oxygens (including phenoxy) is 1. The summed E-state index contributed by atoms with van der Waals surface area (Å²) in [5.74, 6) is -0.530. The summed E-state index contributed by atoms with van der Waals surface area (Å²) in [4.78, 5) is 29.0. The molecule has 0 aliphatic carbocycles. The van der Waals surface area contributed by atoms with Crippen molar-refractivity contribution >= 4 is 39.1 Å². The van der Waals surface area contributed by atoms with Crippen molar-refractivity contribution in [2.24, 2.45) is 0 Å². The third-order valence-corrected chi connectivity index (χ3v) is 8.80. The Morgan fingerprint density at radius 1 is 0.851 bits per heavy atom. The number of benzene rings is 4. The highest BCUT2D eigenvalue weighted by Gasteiger charge is 2.31. The molecule has 12 heteroatoms. The Balaban J connectivity index is 1.34. The summed E-state index contributed by atoms with van der Waals surface area (Å²) in [6.07, 6.45) is 1.75. The zero-order chi connectivity index (χ0) is 33.2. The number of halogens is 2. The molecule has 0 saturated heterocycles. The summed E-state index contributed by atoms with van der Waals surface area (Å²) in [6.45, 7) is -0.191. The number of nitrogens with one attached hydrogen (secondary N) is 2. The number of carbonyl (C=O) groups excluding carboxylic acids is 2. The zero-order valence-corrected chi connectivity index (χ0v) is 26.6. The lowest BCUT2D eigenvalue weighted by molar-refractivity contribution is -0.142. The molecule has 1 atom stereocenters. The van der Waals surface area contributed by atoms with Gasteiger partial charge in [-0.05, 0) is 83.9 Å². The standard InChI is InChI=1S/C35H31ClFN3O6S/c36-27-10-8-26(9-11-27)23-40(33(21-25-5-2-1-3-6-25)35(42)38-22-31-7-4-20-45-31)34(41)24-46-30-16-18-32(19-17-30)47(43,44)39-29-14-12-28(37)13-15-29/h1-20,33,39H,21-24H2,(H,38,42)/t33-/m0/s1. The van der Waals surface area contributed by atoms with Crippen LogP contribution in [0.4, 0.5) is 10.1 Å². The van der Waals surface area contributed by atoms with Crippen molar-refractivity contribution < 1.29 is 31.6 Å². The Bertz CT molecular complexity index is 1870. The molecule has 9 nitrogen and oxygen atoms in total. The maximum atomic E-state index is 13.9. The molecule has 0 bridgehead atoms. The van der Waals surface area contributed by atoms with Crippen LogP contribution in [0.5, 0.6) is 5.75 Å². The van der Waals surface area contributed by atoms with Gasteiger partial charge in [-0.2, -0.15) is 0 Å². The molecule has 1 aromatic heterocycles. The quantitative estimate of drug-likeness (QED) is 0.145. The van der Waals surface area contributed by atoms with Gasteiger partial charge in [0, 0.05) is 23.7 Å². The van der Waals surface area contributed by atoms with Crippen LogP contribution >= 0.6 is 11.6 Å². The van der Waals surface area contributed by atoms with E-state index in [4.69, 9.17) is 20.8 Å². The van der Waals surface area contributed by atoms with E-state index >= 15 is 0 Å². The minimum Gasteiger partial charge on any atom is -0.484 e. The predicted octanol–water partition coefficient (Wildman–Crippen LogP) is 6.21. The molecular formula is C35H31ClFN3O6S. The van der Waals surface area contributed by atoms with E-state index < -0.39 is 34.4 Å². The number of nitrogens with zero attached hydrogens (tertiary/aromatic N) is 1. The molecule has 47 heavy (non-hydrogen) atoms. The fraction of sp³-hybridized carbons (Fsp3) is 0.143. The highest BCUT2D eigenvalue weighted by atomic mass is 35.5. The molecule has 1 heterocycles. The molecule has 0 radical (unpaired) electrons. The van der Waals surface area contributed by atoms with E-state index in [-0.39, 0.29) is 41.7 Å². The molecule has 4 aromatic carbocycles. The highest BCUT2D eigenvalue weighted by Crippen LogP contribution is 2.21. The first-order chi connectivity index (χ1) is 22.7. The summed E-state index contributed by atoms with van der Waals surface area (Å²) < 4.78 is 52.4. The van der Waals surface area contributed by atoms with Crippen molar-refractivity contribution in [3.63, 3.8) is 0 Å². The fourth-order valence-corrected chi connectivity index (χ4v) is 5.91. The van der Waals surface area contributed by atoms with Crippen molar-refractivity contribution in [2.45, 2.75) is 30.4 Å². The van der Waals surface area contributed by atoms with Gasteiger partial charge in [-0.1, -0.05) is 54.1 Å². The topological polar surface area (TPSA) is 118 Å². The lowest BCUT2D eigenvalue weighted by Crippen LogP contribution is -2.51. The number of anilines is 1. The summed E-state index contributed by atoms with van der Waals surface area (Å²) in [7, 11) is -3.96. The number of hydrogen-bond donors (Lipinski definition) is 2. The predicted molar refractivity (Wildman–Crippen MR) is 176 cm³/mol. The third kappa shape index (κ3) is 9.44. The number of hydrogen-bond acceptors (Lipinski definition) is 6. The van der Waals surface area contributed by atoms with Crippen LogP contribution in [0.25, 0.3) is 0 Å². The van der Waals surface area contributed by atoms with Crippen LogP contribution in [0.2, 0.25) is 5.02 Å². The van der Waals surface area contributed by atoms with Gasteiger partial charge in [-0.3, -0.25) is 14.3 Å². The van der Waals surface area contributed by atoms with Crippen molar-refractivity contribution in [3.05, 3.63) is 149 Å². The molecule has 242 valence electrons. The summed E-state index contributed by atoms with van der Waals surface area (Å²) in [6, 6.07) is 29.3. The first kappa shape index (κ1) is 33.2. The summed E-state index contributed by atoms with van der Waals surface area (Å²) >= 11 is 6.10. The molecular weight excluding hydrogens is 645 g/mol. The number of furan rings is 1. The maximum Gasteiger partial charge on any atom is 0.261 e. The summed E-state index contributed by atoms with van der Waals surface area (Å²) in [5, 5.41) is 3.41. The van der Waals surface area contributed by atoms with Crippen LogP contribution < -0.4 is 14.8 Å². The molecule has 2 amide bonds.